The fourth-order valence-electron chi connectivity index (χ4n) is 10.8. The monoisotopic (exact) mass is 1440 g/mol. The summed E-state index contributed by atoms with van der Waals surface area (Å²) in [5.74, 6) is 1.41. The van der Waals surface area contributed by atoms with E-state index in [1.807, 2.05) is 69.5 Å². The Labute approximate surface area is 574 Å². The average Bonchev–Trinajstić information content (AvgIpc) is 1.61. The molecule has 8 fully saturated rings. The second kappa shape index (κ2) is 33.2. The van der Waals surface area contributed by atoms with E-state index in [1.165, 1.54) is 33.5 Å². The fraction of sp³-hybridized carbons (Fsp3) is 0.800. The number of nitrogen functional groups attached to an aromatic ring is 1. The molecular formula is C60H106F3N19O14S2. The van der Waals surface area contributed by atoms with Crippen LogP contribution in [0.3, 0.4) is 0 Å². The molecule has 12 rings (SSSR count). The Balaban J connectivity index is 0.000000286. The van der Waals surface area contributed by atoms with Crippen LogP contribution in [0.4, 0.5) is 38.3 Å². The molecule has 8 amide bonds. The molecular weight excluding hydrogens is 1330 g/mol. The van der Waals surface area contributed by atoms with Gasteiger partial charge in [0.2, 0.25) is 26.0 Å². The number of carbonyl (C=O) groups is 7. The number of urea groups is 1. The van der Waals surface area contributed by atoms with Crippen LogP contribution in [0.5, 0.6) is 0 Å². The first-order valence-corrected chi connectivity index (χ1v) is 35.3. The predicted molar refractivity (Wildman–Crippen MR) is 358 cm³/mol. The van der Waals surface area contributed by atoms with Gasteiger partial charge in [-0.25, -0.2) is 60.0 Å². The van der Waals surface area contributed by atoms with Crippen molar-refractivity contribution in [2.24, 2.45) is 47.0 Å². The maximum absolute atomic E-state index is 12.2. The lowest BCUT2D eigenvalue weighted by molar-refractivity contribution is -0.162. The van der Waals surface area contributed by atoms with E-state index in [2.05, 4.69) is 59.7 Å². The summed E-state index contributed by atoms with van der Waals surface area (Å²) in [6.07, 6.45) is 5.11. The van der Waals surface area contributed by atoms with Crippen LogP contribution in [0.2, 0.25) is 0 Å². The molecule has 6 saturated heterocycles. The number of tetrazole rings is 1. The summed E-state index contributed by atoms with van der Waals surface area (Å²) in [6, 6.07) is -0.0718. The van der Waals surface area contributed by atoms with E-state index in [0.29, 0.717) is 60.5 Å². The fourth-order valence-corrected chi connectivity index (χ4v) is 13.9. The van der Waals surface area contributed by atoms with Crippen LogP contribution in [0.1, 0.15) is 147 Å². The number of nitrogens with one attached hydrogen (secondary N) is 1. The molecule has 2 aliphatic carbocycles. The highest BCUT2D eigenvalue weighted by atomic mass is 32.2. The zero-order valence-corrected chi connectivity index (χ0v) is 62.9. The summed E-state index contributed by atoms with van der Waals surface area (Å²) in [4.78, 5) is 87.2. The summed E-state index contributed by atoms with van der Waals surface area (Å²) in [5, 5.41) is 26.8. The topological polar surface area (TPSA) is 378 Å². The lowest BCUT2D eigenvalue weighted by Gasteiger charge is -2.27. The lowest BCUT2D eigenvalue weighted by atomic mass is 9.82. The normalized spacial score (nSPS) is 23.4. The van der Waals surface area contributed by atoms with Crippen molar-refractivity contribution >= 4 is 79.5 Å². The Bertz CT molecular complexity index is 3380. The van der Waals surface area contributed by atoms with E-state index >= 15 is 0 Å². The molecule has 0 bridgehead atoms. The minimum Gasteiger partial charge on any atom is -0.447 e. The lowest BCUT2D eigenvalue weighted by Crippen LogP contribution is -2.41. The number of alkyl halides is 3. The van der Waals surface area contributed by atoms with Gasteiger partial charge in [0, 0.05) is 75.5 Å². The molecule has 10 aliphatic rings. The highest BCUT2D eigenvalue weighted by Gasteiger charge is 2.55. The quantitative estimate of drug-likeness (QED) is 0.290. The molecule has 2 aromatic heterocycles. The minimum absolute atomic E-state index is 0.0443. The molecule has 1 atom stereocenters. The second-order valence-corrected chi connectivity index (χ2v) is 32.5. The number of likely N-dealkylation sites (N-methyl/N-ethyl adjacent to an activating group) is 4. The average molecular weight is 1440 g/mol. The highest BCUT2D eigenvalue weighted by molar-refractivity contribution is 7.89. The van der Waals surface area contributed by atoms with Gasteiger partial charge in [-0.2, -0.15) is 27.7 Å². The smallest absolute Gasteiger partial charge is 0.410 e. The molecule has 38 heteroatoms. The van der Waals surface area contributed by atoms with Gasteiger partial charge in [-0.15, -0.1) is 10.2 Å². The number of carbonyl (C=O) groups excluding carboxylic acids is 7. The summed E-state index contributed by atoms with van der Waals surface area (Å²) in [5.41, 5.74) is 4.62. The first kappa shape index (κ1) is 84.9. The van der Waals surface area contributed by atoms with Crippen LogP contribution >= 0.6 is 0 Å². The third kappa shape index (κ3) is 22.3. The number of hydrazone groups is 2. The van der Waals surface area contributed by atoms with Gasteiger partial charge >= 0.3 is 30.5 Å². The summed E-state index contributed by atoms with van der Waals surface area (Å²) >= 11 is 0. The zero-order valence-electron chi connectivity index (χ0n) is 61.3. The van der Waals surface area contributed by atoms with Gasteiger partial charge in [0.1, 0.15) is 44.1 Å². The zero-order chi connectivity index (χ0) is 75.4. The molecule has 3 N–H and O–H groups in total. The number of anilines is 1. The van der Waals surface area contributed by atoms with Crippen LogP contribution in [-0.2, 0) is 62.7 Å². The molecule has 33 nitrogen and oxygen atoms in total. The van der Waals surface area contributed by atoms with Gasteiger partial charge in [-0.05, 0) is 130 Å². The number of ether oxygens (including phenoxy) is 3. The number of hydrogen-bond acceptors (Lipinski definition) is 22. The molecule has 0 aromatic carbocycles. The largest absolute Gasteiger partial charge is 0.447 e. The van der Waals surface area contributed by atoms with Gasteiger partial charge in [0.05, 0.1) is 50.9 Å². The summed E-state index contributed by atoms with van der Waals surface area (Å²) in [6.45, 7) is 27.0. The van der Waals surface area contributed by atoms with E-state index in [9.17, 15) is 63.6 Å². The number of amides is 8. The van der Waals surface area contributed by atoms with Crippen molar-refractivity contribution < 1.29 is 77.8 Å². The molecule has 0 radical (unpaired) electrons. The Morgan fingerprint density at radius 1 is 0.663 bits per heavy atom. The van der Waals surface area contributed by atoms with Gasteiger partial charge in [-0.1, -0.05) is 40.5 Å². The number of nitrogens with two attached hydrogens (primary N) is 1. The Morgan fingerprint density at radius 3 is 1.35 bits per heavy atom. The van der Waals surface area contributed by atoms with Crippen LogP contribution in [0.25, 0.3) is 0 Å². The predicted octanol–water partition coefficient (Wildman–Crippen LogP) is 5.31. The summed E-state index contributed by atoms with van der Waals surface area (Å²) in [7, 11) is 9.70. The summed E-state index contributed by atoms with van der Waals surface area (Å²) < 4.78 is 101. The third-order valence-corrected chi connectivity index (χ3v) is 22.0. The maximum atomic E-state index is 12.2. The van der Waals surface area contributed by atoms with Crippen molar-refractivity contribution in [3.63, 3.8) is 0 Å². The van der Waals surface area contributed by atoms with Crippen LogP contribution in [0, 0.1) is 29.6 Å². The number of halogens is 3. The SMILES string of the molecule is CC(C)C1=NN(C)C(=O)C1(C)C.CC(C)C1=NN(CC(F)(F)F)C(=O)C1(C)C.CN1C(=O)NC(C)(C)C1=O.CN1C(=O)OCC12CC2.CN1C(=O)OCC12CCCC2.CN1C(C)(C)CCS1(=O)=O.CN1CCCS1(=O)=O.C[C@H]1COC(=O)N1C.Cc1nnnn1C.Cn1cnc(N)n1. The van der Waals surface area contributed by atoms with E-state index in [-0.39, 0.29) is 64.7 Å². The number of hydrogen-bond donors (Lipinski definition) is 2. The minimum atomic E-state index is -4.42. The van der Waals surface area contributed by atoms with Crippen molar-refractivity contribution in [3.8, 4) is 0 Å². The second-order valence-electron chi connectivity index (χ2n) is 28.1. The van der Waals surface area contributed by atoms with Crippen molar-refractivity contribution in [2.45, 2.75) is 183 Å². The number of aromatic nitrogens is 7. The number of sulfonamides is 2. The van der Waals surface area contributed by atoms with Crippen LogP contribution in [0.15, 0.2) is 16.5 Å². The van der Waals surface area contributed by atoms with E-state index in [1.54, 1.807) is 100 Å². The number of rotatable bonds is 3. The Kier molecular flexibility index (Phi) is 28.8. The Morgan fingerprint density at radius 2 is 1.16 bits per heavy atom. The standard InChI is InChI=1S/C10H15F3N2O.C9H16N2O.C8H13NO2.C6H10N2O2.C6H13NO2S.C6H9NO2.C5H9NO2.C4H9NO2S.2C3H6N4/c1-6(2)7-9(3,4)8(16)15(14-7)5-10(11,12)13;1-6(2)7-9(3,4)8(12)11(5)10-7;1-9-7(10)11-6-8(9)4-2-3-5-8;1-6(2)4(9)8(3)5(10)7-6;1-6(2)4-5-10(8,9)7(6)3;1-7-5(8)9-4-6(7)2-3-6;1-4-3-8-5(7)6(4)2;1-5-3-2-4-8(5,6)7;1-7-2-5-3(4)6-7;1-3-4-5-6-7(3)2/h6H,5H2,1-4H3;6H,1-5H3;2-6H2,1H3;1-3H3,(H,7,10);4-5H2,1-3H3;2-4H2,1H3;4H,3H2,1-2H3;2-4H2,1H3;2H,1H3,(H2,4,6);1-2H3/t;;;;;;4-;;;/m......0.../s1. The molecule has 10 heterocycles. The van der Waals surface area contributed by atoms with Crippen molar-refractivity contribution in [2.75, 3.05) is 99.5 Å². The third-order valence-electron chi connectivity index (χ3n) is 18.0. The van der Waals surface area contributed by atoms with Crippen molar-refractivity contribution in [3.05, 3.63) is 12.2 Å². The van der Waals surface area contributed by atoms with Crippen molar-refractivity contribution in [1.29, 1.82) is 0 Å². The maximum Gasteiger partial charge on any atom is 0.410 e. The van der Waals surface area contributed by atoms with Crippen LogP contribution in [-0.4, -0.2) is 272 Å². The van der Waals surface area contributed by atoms with Gasteiger partial charge in [0.15, 0.2) is 0 Å². The van der Waals surface area contributed by atoms with E-state index < -0.39 is 55.0 Å². The highest BCUT2D eigenvalue weighted by Crippen LogP contribution is 2.45. The number of cyclic esters (lactones) is 3. The van der Waals surface area contributed by atoms with Gasteiger partial charge in [-0.3, -0.25) is 24.0 Å². The van der Waals surface area contributed by atoms with Gasteiger partial charge in [0.25, 0.3) is 17.7 Å². The van der Waals surface area contributed by atoms with E-state index in [0.717, 1.165) is 55.0 Å². The molecule has 2 spiro atoms. The van der Waals surface area contributed by atoms with Crippen molar-refractivity contribution in [1.82, 2.24) is 78.5 Å². The Hall–Kier alpha value is -7.35. The molecule has 8 aliphatic heterocycles. The number of nitrogens with zero attached hydrogens (tertiary/aromatic N) is 17. The molecule has 98 heavy (non-hydrogen) atoms. The first-order chi connectivity index (χ1) is 44.7. The molecule has 0 unspecified atom stereocenters. The van der Waals surface area contributed by atoms with E-state index in [4.69, 9.17) is 15.2 Å². The van der Waals surface area contributed by atoms with Crippen LogP contribution < -0.4 is 11.1 Å². The molecule has 2 aromatic rings. The number of imide groups is 1. The van der Waals surface area contributed by atoms with Gasteiger partial charge < -0.3 is 40.0 Å². The first-order valence-electron chi connectivity index (χ1n) is 32.0. The molecule has 2 saturated carbocycles. The molecule has 558 valence electrons. The number of aryl methyl sites for hydroxylation is 3.